The van der Waals surface area contributed by atoms with Gasteiger partial charge in [0, 0.05) is 40.0 Å². The van der Waals surface area contributed by atoms with Crippen molar-refractivity contribution in [2.24, 2.45) is 4.99 Å². The van der Waals surface area contributed by atoms with E-state index in [-0.39, 0.29) is 12.1 Å². The number of rotatable bonds is 3. The number of hydrogen-bond acceptors (Lipinski definition) is 4. The quantitative estimate of drug-likeness (QED) is 0.561. The molecule has 0 aliphatic carbocycles. The van der Waals surface area contributed by atoms with Crippen molar-refractivity contribution in [3.05, 3.63) is 82.9 Å². The Labute approximate surface area is 171 Å². The summed E-state index contributed by atoms with van der Waals surface area (Å²) in [5.74, 6) is 0. The first kappa shape index (κ1) is 17.1. The minimum Gasteiger partial charge on any atom is -0.339 e. The minimum absolute atomic E-state index is 0.0157. The maximum absolute atomic E-state index is 5.08. The molecule has 1 aromatic carbocycles. The van der Waals surface area contributed by atoms with Gasteiger partial charge >= 0.3 is 0 Å². The third-order valence-corrected chi connectivity index (χ3v) is 6.65. The average molecular weight is 439 g/mol. The molecule has 2 aliphatic heterocycles. The van der Waals surface area contributed by atoms with E-state index in [1.54, 1.807) is 0 Å². The van der Waals surface area contributed by atoms with Gasteiger partial charge in [-0.1, -0.05) is 46.7 Å². The number of amidine groups is 1. The van der Waals surface area contributed by atoms with Crippen molar-refractivity contribution in [1.29, 1.82) is 0 Å². The molecule has 0 unspecified atom stereocenters. The van der Waals surface area contributed by atoms with Crippen LogP contribution in [0.5, 0.6) is 0 Å². The second-order valence-corrected chi connectivity index (χ2v) is 9.24. The highest BCUT2D eigenvalue weighted by Gasteiger charge is 2.44. The molecular formula is C21H19BrN4S. The predicted octanol–water partition coefficient (Wildman–Crippen LogP) is 5.22. The standard InChI is InChI=1S/C21H19BrN4S/c1-14-13-26-20(19(24-21(26)27-14)17-8-2-3-10-23-17)18-9-5-11-25(18)16-7-4-6-15(22)12-16/h2-12,14,19-20H,13H2,1H3/t14-,19-,20+/m1/s1. The van der Waals surface area contributed by atoms with Crippen LogP contribution in [0.15, 0.2) is 76.5 Å². The summed E-state index contributed by atoms with van der Waals surface area (Å²) < 4.78 is 3.35. The van der Waals surface area contributed by atoms with E-state index in [1.807, 2.05) is 30.1 Å². The van der Waals surface area contributed by atoms with Crippen LogP contribution in [0.25, 0.3) is 5.69 Å². The van der Waals surface area contributed by atoms with Crippen LogP contribution in [-0.4, -0.2) is 31.4 Å². The van der Waals surface area contributed by atoms with Crippen molar-refractivity contribution in [3.8, 4) is 5.69 Å². The van der Waals surface area contributed by atoms with Gasteiger partial charge < -0.3 is 9.47 Å². The van der Waals surface area contributed by atoms with Crippen LogP contribution in [0.3, 0.4) is 0 Å². The Bertz CT molecular complexity index is 1000. The first-order chi connectivity index (χ1) is 13.2. The molecule has 0 N–H and O–H groups in total. The third-order valence-electron chi connectivity index (χ3n) is 5.05. The molecule has 1 saturated heterocycles. The summed E-state index contributed by atoms with van der Waals surface area (Å²) in [5.41, 5.74) is 3.43. The third kappa shape index (κ3) is 3.01. The van der Waals surface area contributed by atoms with E-state index in [4.69, 9.17) is 4.99 Å². The monoisotopic (exact) mass is 438 g/mol. The highest BCUT2D eigenvalue weighted by molar-refractivity contribution is 9.10. The summed E-state index contributed by atoms with van der Waals surface area (Å²) in [6.45, 7) is 3.28. The Hall–Kier alpha value is -2.05. The van der Waals surface area contributed by atoms with E-state index >= 15 is 0 Å². The average Bonchev–Trinajstić information content (AvgIpc) is 3.36. The van der Waals surface area contributed by atoms with E-state index in [9.17, 15) is 0 Å². The molecule has 6 heteroatoms. The van der Waals surface area contributed by atoms with Crippen LogP contribution in [0.2, 0.25) is 0 Å². The number of hydrogen-bond donors (Lipinski definition) is 0. The number of halogens is 1. The lowest BCUT2D eigenvalue weighted by Gasteiger charge is -2.28. The molecule has 3 atom stereocenters. The Morgan fingerprint density at radius 3 is 2.85 bits per heavy atom. The normalized spacial score (nSPS) is 24.1. The molecule has 0 saturated carbocycles. The fourth-order valence-corrected chi connectivity index (χ4v) is 5.41. The van der Waals surface area contributed by atoms with E-state index in [0.29, 0.717) is 5.25 Å². The lowest BCUT2D eigenvalue weighted by molar-refractivity contribution is 0.312. The van der Waals surface area contributed by atoms with Gasteiger partial charge in [0.15, 0.2) is 5.17 Å². The van der Waals surface area contributed by atoms with Gasteiger partial charge in [0.05, 0.1) is 11.7 Å². The number of aromatic nitrogens is 2. The van der Waals surface area contributed by atoms with Crippen LogP contribution in [0, 0.1) is 0 Å². The molecule has 27 heavy (non-hydrogen) atoms. The number of thioether (sulfide) groups is 1. The summed E-state index contributed by atoms with van der Waals surface area (Å²) >= 11 is 5.47. The second kappa shape index (κ2) is 6.84. The van der Waals surface area contributed by atoms with Gasteiger partial charge in [-0.3, -0.25) is 9.98 Å². The second-order valence-electron chi connectivity index (χ2n) is 6.92. The van der Waals surface area contributed by atoms with E-state index in [0.717, 1.165) is 27.6 Å². The number of fused-ring (bicyclic) bond motifs is 1. The van der Waals surface area contributed by atoms with E-state index in [2.05, 4.69) is 86.0 Å². The summed E-state index contributed by atoms with van der Waals surface area (Å²) in [6, 6.07) is 19.0. The number of benzene rings is 1. The summed E-state index contributed by atoms with van der Waals surface area (Å²) in [4.78, 5) is 12.2. The molecule has 136 valence electrons. The minimum atomic E-state index is 0.0157. The number of pyridine rings is 1. The topological polar surface area (TPSA) is 33.4 Å². The van der Waals surface area contributed by atoms with Crippen molar-refractivity contribution in [3.63, 3.8) is 0 Å². The van der Waals surface area contributed by atoms with Crippen LogP contribution in [0.4, 0.5) is 0 Å². The molecule has 4 heterocycles. The molecule has 3 aromatic rings. The molecule has 5 rings (SSSR count). The summed E-state index contributed by atoms with van der Waals surface area (Å²) in [7, 11) is 0. The molecule has 2 aromatic heterocycles. The van der Waals surface area contributed by atoms with Gasteiger partial charge in [0.2, 0.25) is 0 Å². The predicted molar refractivity (Wildman–Crippen MR) is 114 cm³/mol. The Kier molecular flexibility index (Phi) is 4.32. The lowest BCUT2D eigenvalue weighted by Crippen LogP contribution is -2.30. The van der Waals surface area contributed by atoms with Gasteiger partial charge in [-0.05, 0) is 42.5 Å². The van der Waals surface area contributed by atoms with E-state index in [1.165, 1.54) is 5.69 Å². The zero-order valence-electron chi connectivity index (χ0n) is 14.9. The molecule has 1 fully saturated rings. The lowest BCUT2D eigenvalue weighted by atomic mass is 10.0. The first-order valence-electron chi connectivity index (χ1n) is 9.06. The number of aliphatic imine (C=N–C) groups is 1. The zero-order valence-corrected chi connectivity index (χ0v) is 17.3. The summed E-state index contributed by atoms with van der Waals surface area (Å²) in [6.07, 6.45) is 4.00. The molecule has 0 spiro atoms. The van der Waals surface area contributed by atoms with Crippen molar-refractivity contribution in [2.75, 3.05) is 6.54 Å². The van der Waals surface area contributed by atoms with Crippen LogP contribution in [-0.2, 0) is 0 Å². The largest absolute Gasteiger partial charge is 0.339 e. The van der Waals surface area contributed by atoms with Gasteiger partial charge in [-0.25, -0.2) is 0 Å². The van der Waals surface area contributed by atoms with Crippen LogP contribution < -0.4 is 0 Å². The SMILES string of the molecule is C[C@@H]1CN2C(=N[C@H](c3ccccn3)[C@@H]2c2cccn2-c2cccc(Br)c2)S1. The van der Waals surface area contributed by atoms with Crippen molar-refractivity contribution in [1.82, 2.24) is 14.5 Å². The smallest absolute Gasteiger partial charge is 0.160 e. The fourth-order valence-electron chi connectivity index (χ4n) is 3.93. The Morgan fingerprint density at radius 1 is 1.11 bits per heavy atom. The van der Waals surface area contributed by atoms with Crippen molar-refractivity contribution in [2.45, 2.75) is 24.3 Å². The maximum atomic E-state index is 5.08. The van der Waals surface area contributed by atoms with Crippen LogP contribution >= 0.6 is 27.7 Å². The van der Waals surface area contributed by atoms with Crippen molar-refractivity contribution < 1.29 is 0 Å². The molecule has 0 amide bonds. The zero-order chi connectivity index (χ0) is 18.4. The van der Waals surface area contributed by atoms with Crippen molar-refractivity contribution >= 4 is 32.9 Å². The maximum Gasteiger partial charge on any atom is 0.160 e. The highest BCUT2D eigenvalue weighted by atomic mass is 79.9. The van der Waals surface area contributed by atoms with Gasteiger partial charge in [0.1, 0.15) is 6.04 Å². The summed E-state index contributed by atoms with van der Waals surface area (Å²) in [5, 5.41) is 1.70. The highest BCUT2D eigenvalue weighted by Crippen LogP contribution is 2.47. The van der Waals surface area contributed by atoms with Gasteiger partial charge in [0.25, 0.3) is 0 Å². The molecular weight excluding hydrogens is 420 g/mol. The molecule has 4 nitrogen and oxygen atoms in total. The van der Waals surface area contributed by atoms with Crippen LogP contribution in [0.1, 0.15) is 30.4 Å². The molecule has 2 aliphatic rings. The van der Waals surface area contributed by atoms with Gasteiger partial charge in [-0.15, -0.1) is 0 Å². The molecule has 0 bridgehead atoms. The first-order valence-corrected chi connectivity index (χ1v) is 10.7. The van der Waals surface area contributed by atoms with E-state index < -0.39 is 0 Å². The molecule has 0 radical (unpaired) electrons. The number of nitrogens with zero attached hydrogens (tertiary/aromatic N) is 4. The fraction of sp³-hybridized carbons (Fsp3) is 0.238. The Balaban J connectivity index is 1.62. The van der Waals surface area contributed by atoms with Gasteiger partial charge in [-0.2, -0.15) is 0 Å². The Morgan fingerprint density at radius 2 is 2.04 bits per heavy atom.